The Morgan fingerprint density at radius 2 is 2.31 bits per heavy atom. The third-order valence-corrected chi connectivity index (χ3v) is 2.21. The minimum absolute atomic E-state index is 1.08. The van der Waals surface area contributed by atoms with Gasteiger partial charge in [-0.05, 0) is 38.4 Å². The van der Waals surface area contributed by atoms with Crippen molar-refractivity contribution in [1.29, 1.82) is 0 Å². The second-order valence-corrected chi connectivity index (χ2v) is 3.26. The van der Waals surface area contributed by atoms with Crippen LogP contribution in [0.4, 0.5) is 0 Å². The maximum absolute atomic E-state index is 4.13. The Balaban J connectivity index is 2.10. The average Bonchev–Trinajstić information content (AvgIpc) is 2.52. The van der Waals surface area contributed by atoms with Gasteiger partial charge in [-0.1, -0.05) is 6.92 Å². The van der Waals surface area contributed by atoms with E-state index in [1.54, 1.807) is 0 Å². The van der Waals surface area contributed by atoms with E-state index in [4.69, 9.17) is 0 Å². The highest BCUT2D eigenvalue weighted by Crippen LogP contribution is 2.02. The Bertz CT molecular complexity index is 230. The highest BCUT2D eigenvalue weighted by Gasteiger charge is 1.96. The molecule has 13 heavy (non-hydrogen) atoms. The first-order valence-corrected chi connectivity index (χ1v) is 5.02. The Morgan fingerprint density at radius 1 is 1.46 bits per heavy atom. The van der Waals surface area contributed by atoms with Crippen molar-refractivity contribution in [3.8, 4) is 0 Å². The number of rotatable bonds is 6. The summed E-state index contributed by atoms with van der Waals surface area (Å²) in [5, 5.41) is 7.45. The molecule has 1 heterocycles. The first-order valence-electron chi connectivity index (χ1n) is 5.02. The number of nitrogens with zero attached hydrogens (tertiary/aromatic N) is 2. The standard InChI is InChI=1S/C10H19N3/c1-3-11-8-5-4-6-10-7-9-12-13(10)2/h7,9,11H,3-6,8H2,1-2H3. The van der Waals surface area contributed by atoms with Crippen LogP contribution in [-0.4, -0.2) is 22.9 Å². The van der Waals surface area contributed by atoms with Crippen molar-refractivity contribution < 1.29 is 0 Å². The number of hydrogen-bond donors (Lipinski definition) is 1. The van der Waals surface area contributed by atoms with Crippen molar-refractivity contribution in [3.05, 3.63) is 18.0 Å². The summed E-state index contributed by atoms with van der Waals surface area (Å²) >= 11 is 0. The van der Waals surface area contributed by atoms with Crippen LogP contribution in [0.1, 0.15) is 25.5 Å². The number of hydrogen-bond acceptors (Lipinski definition) is 2. The lowest BCUT2D eigenvalue weighted by atomic mass is 10.2. The zero-order valence-corrected chi connectivity index (χ0v) is 8.58. The van der Waals surface area contributed by atoms with Crippen molar-refractivity contribution in [2.24, 2.45) is 7.05 Å². The van der Waals surface area contributed by atoms with Crippen LogP contribution >= 0.6 is 0 Å². The summed E-state index contributed by atoms with van der Waals surface area (Å²) in [6.07, 6.45) is 5.49. The molecular formula is C10H19N3. The Hall–Kier alpha value is -0.830. The van der Waals surface area contributed by atoms with E-state index in [2.05, 4.69) is 23.4 Å². The van der Waals surface area contributed by atoms with Crippen molar-refractivity contribution in [2.45, 2.75) is 26.2 Å². The molecule has 74 valence electrons. The van der Waals surface area contributed by atoms with Crippen LogP contribution in [0.15, 0.2) is 12.3 Å². The van der Waals surface area contributed by atoms with Gasteiger partial charge in [-0.3, -0.25) is 4.68 Å². The smallest absolute Gasteiger partial charge is 0.0492 e. The molecule has 0 aliphatic heterocycles. The summed E-state index contributed by atoms with van der Waals surface area (Å²) in [6, 6.07) is 2.09. The van der Waals surface area contributed by atoms with Gasteiger partial charge in [0.1, 0.15) is 0 Å². The van der Waals surface area contributed by atoms with E-state index in [0.717, 1.165) is 19.5 Å². The van der Waals surface area contributed by atoms with E-state index in [-0.39, 0.29) is 0 Å². The molecule has 3 nitrogen and oxygen atoms in total. The molecule has 0 aliphatic carbocycles. The maximum Gasteiger partial charge on any atom is 0.0492 e. The molecule has 3 heteroatoms. The minimum atomic E-state index is 1.08. The highest BCUT2D eigenvalue weighted by molar-refractivity contribution is 4.99. The first-order chi connectivity index (χ1) is 6.34. The van der Waals surface area contributed by atoms with Crippen LogP contribution in [0.2, 0.25) is 0 Å². The SMILES string of the molecule is CCNCCCCc1ccnn1C. The van der Waals surface area contributed by atoms with Gasteiger partial charge in [0.25, 0.3) is 0 Å². The summed E-state index contributed by atoms with van der Waals surface area (Å²) in [5.41, 5.74) is 1.33. The van der Waals surface area contributed by atoms with Crippen LogP contribution in [0, 0.1) is 0 Å². The lowest BCUT2D eigenvalue weighted by Crippen LogP contribution is -2.14. The lowest BCUT2D eigenvalue weighted by molar-refractivity contribution is 0.617. The molecule has 0 saturated heterocycles. The van der Waals surface area contributed by atoms with Gasteiger partial charge in [-0.25, -0.2) is 0 Å². The van der Waals surface area contributed by atoms with Gasteiger partial charge in [0.15, 0.2) is 0 Å². The summed E-state index contributed by atoms with van der Waals surface area (Å²) in [7, 11) is 2.00. The van der Waals surface area contributed by atoms with Crippen LogP contribution < -0.4 is 5.32 Å². The molecule has 0 unspecified atom stereocenters. The zero-order valence-electron chi connectivity index (χ0n) is 8.58. The predicted octanol–water partition coefficient (Wildman–Crippen LogP) is 1.35. The van der Waals surface area contributed by atoms with Crippen LogP contribution in [0.25, 0.3) is 0 Å². The fourth-order valence-corrected chi connectivity index (χ4v) is 1.38. The van der Waals surface area contributed by atoms with Crippen molar-refractivity contribution in [3.63, 3.8) is 0 Å². The fraction of sp³-hybridized carbons (Fsp3) is 0.700. The van der Waals surface area contributed by atoms with Crippen molar-refractivity contribution in [1.82, 2.24) is 15.1 Å². The molecule has 0 saturated carbocycles. The molecule has 1 N–H and O–H groups in total. The lowest BCUT2D eigenvalue weighted by Gasteiger charge is -2.02. The van der Waals surface area contributed by atoms with E-state index >= 15 is 0 Å². The van der Waals surface area contributed by atoms with E-state index in [1.165, 1.54) is 18.5 Å². The van der Waals surface area contributed by atoms with Gasteiger partial charge >= 0.3 is 0 Å². The van der Waals surface area contributed by atoms with Gasteiger partial charge in [0.05, 0.1) is 0 Å². The third-order valence-electron chi connectivity index (χ3n) is 2.21. The van der Waals surface area contributed by atoms with Gasteiger partial charge in [-0.15, -0.1) is 0 Å². The van der Waals surface area contributed by atoms with E-state index < -0.39 is 0 Å². The van der Waals surface area contributed by atoms with Gasteiger partial charge < -0.3 is 5.32 Å². The quantitative estimate of drug-likeness (QED) is 0.671. The number of aromatic nitrogens is 2. The monoisotopic (exact) mass is 181 g/mol. The number of nitrogens with one attached hydrogen (secondary N) is 1. The first kappa shape index (κ1) is 10.3. The van der Waals surface area contributed by atoms with E-state index in [1.807, 2.05) is 17.9 Å². The van der Waals surface area contributed by atoms with E-state index in [0.29, 0.717) is 0 Å². The highest BCUT2D eigenvalue weighted by atomic mass is 15.2. The summed E-state index contributed by atoms with van der Waals surface area (Å²) in [6.45, 7) is 4.35. The molecule has 0 radical (unpaired) electrons. The normalized spacial score (nSPS) is 10.6. The molecule has 1 aromatic heterocycles. The molecule has 0 aromatic carbocycles. The summed E-state index contributed by atoms with van der Waals surface area (Å²) < 4.78 is 1.95. The van der Waals surface area contributed by atoms with E-state index in [9.17, 15) is 0 Å². The zero-order chi connectivity index (χ0) is 9.52. The second-order valence-electron chi connectivity index (χ2n) is 3.26. The Kier molecular flexibility index (Phi) is 4.54. The molecule has 1 aromatic rings. The van der Waals surface area contributed by atoms with Crippen LogP contribution in [0.3, 0.4) is 0 Å². The average molecular weight is 181 g/mol. The Morgan fingerprint density at radius 3 is 2.92 bits per heavy atom. The fourth-order valence-electron chi connectivity index (χ4n) is 1.38. The van der Waals surface area contributed by atoms with Crippen molar-refractivity contribution >= 4 is 0 Å². The van der Waals surface area contributed by atoms with Crippen LogP contribution in [-0.2, 0) is 13.5 Å². The predicted molar refractivity (Wildman–Crippen MR) is 54.7 cm³/mol. The molecule has 0 aliphatic rings. The molecule has 0 atom stereocenters. The molecule has 0 bridgehead atoms. The molecule has 1 rings (SSSR count). The van der Waals surface area contributed by atoms with Gasteiger partial charge in [0, 0.05) is 18.9 Å². The van der Waals surface area contributed by atoms with Gasteiger partial charge in [-0.2, -0.15) is 5.10 Å². The second kappa shape index (κ2) is 5.75. The largest absolute Gasteiger partial charge is 0.317 e. The number of unbranched alkanes of at least 4 members (excludes halogenated alkanes) is 1. The Labute approximate surface area is 80.1 Å². The van der Waals surface area contributed by atoms with Crippen LogP contribution in [0.5, 0.6) is 0 Å². The number of aryl methyl sites for hydroxylation is 2. The van der Waals surface area contributed by atoms with Gasteiger partial charge in [0.2, 0.25) is 0 Å². The van der Waals surface area contributed by atoms with Crippen molar-refractivity contribution in [2.75, 3.05) is 13.1 Å². The third kappa shape index (κ3) is 3.59. The molecule has 0 amide bonds. The molecular weight excluding hydrogens is 162 g/mol. The topological polar surface area (TPSA) is 29.9 Å². The molecule has 0 spiro atoms. The summed E-state index contributed by atoms with van der Waals surface area (Å²) in [5.74, 6) is 0. The minimum Gasteiger partial charge on any atom is -0.317 e. The maximum atomic E-state index is 4.13. The molecule has 0 fully saturated rings. The summed E-state index contributed by atoms with van der Waals surface area (Å²) in [4.78, 5) is 0.